The number of carboxylic acids is 1. The predicted octanol–water partition coefficient (Wildman–Crippen LogP) is 1.12. The maximum Gasteiger partial charge on any atom is 0.308 e. The summed E-state index contributed by atoms with van der Waals surface area (Å²) in [5, 5.41) is 11.4. The van der Waals surface area contributed by atoms with E-state index in [9.17, 15) is 14.4 Å². The maximum absolute atomic E-state index is 11.9. The lowest BCUT2D eigenvalue weighted by atomic mass is 9.90. The molecule has 0 bridgehead atoms. The summed E-state index contributed by atoms with van der Waals surface area (Å²) in [6.45, 7) is 1.25. The van der Waals surface area contributed by atoms with E-state index in [0.29, 0.717) is 25.8 Å². The molecule has 0 saturated carbocycles. The zero-order valence-corrected chi connectivity index (χ0v) is 12.1. The highest BCUT2D eigenvalue weighted by Crippen LogP contribution is 2.29. The normalized spacial score (nSPS) is 25.2. The van der Waals surface area contributed by atoms with Crippen molar-refractivity contribution in [3.63, 3.8) is 0 Å². The molecular formula is C16H18N2O4. The molecule has 116 valence electrons. The topological polar surface area (TPSA) is 86.7 Å². The van der Waals surface area contributed by atoms with E-state index in [2.05, 4.69) is 5.32 Å². The van der Waals surface area contributed by atoms with Gasteiger partial charge in [-0.15, -0.1) is 0 Å². The third-order valence-electron chi connectivity index (χ3n) is 4.44. The number of nitrogens with one attached hydrogen (secondary N) is 1. The van der Waals surface area contributed by atoms with Crippen LogP contribution in [0.2, 0.25) is 0 Å². The van der Waals surface area contributed by atoms with Crippen LogP contribution in [0.1, 0.15) is 30.7 Å². The van der Waals surface area contributed by atoms with Gasteiger partial charge in [0.25, 0.3) is 0 Å². The zero-order valence-electron chi connectivity index (χ0n) is 12.1. The van der Waals surface area contributed by atoms with Gasteiger partial charge < -0.3 is 10.0 Å². The Bertz CT molecular complexity index is 611. The molecule has 0 radical (unpaired) electrons. The molecule has 2 saturated heterocycles. The number of nitrogens with zero attached hydrogens (tertiary/aromatic N) is 1. The molecule has 1 aromatic rings. The number of hydrogen-bond donors (Lipinski definition) is 2. The third-order valence-corrected chi connectivity index (χ3v) is 4.44. The van der Waals surface area contributed by atoms with Gasteiger partial charge in [-0.1, -0.05) is 12.1 Å². The average Bonchev–Trinajstić information content (AvgIpc) is 2.98. The second kappa shape index (κ2) is 5.79. The van der Waals surface area contributed by atoms with E-state index in [1.807, 2.05) is 29.2 Å². The fourth-order valence-electron chi connectivity index (χ4n) is 3.13. The van der Waals surface area contributed by atoms with E-state index in [-0.39, 0.29) is 23.7 Å². The number of carboxylic acid groups (broad SMARTS) is 1. The summed E-state index contributed by atoms with van der Waals surface area (Å²) in [7, 11) is 0. The van der Waals surface area contributed by atoms with E-state index in [1.165, 1.54) is 0 Å². The highest BCUT2D eigenvalue weighted by atomic mass is 16.4. The quantitative estimate of drug-likeness (QED) is 0.817. The second-order valence-electron chi connectivity index (χ2n) is 5.87. The van der Waals surface area contributed by atoms with Crippen LogP contribution in [0.15, 0.2) is 24.3 Å². The van der Waals surface area contributed by atoms with Crippen LogP contribution in [0.5, 0.6) is 0 Å². The molecule has 2 N–H and O–H groups in total. The van der Waals surface area contributed by atoms with Crippen molar-refractivity contribution in [2.45, 2.75) is 25.2 Å². The van der Waals surface area contributed by atoms with Crippen molar-refractivity contribution in [2.24, 2.45) is 5.92 Å². The van der Waals surface area contributed by atoms with Gasteiger partial charge >= 0.3 is 5.97 Å². The van der Waals surface area contributed by atoms with Gasteiger partial charge in [-0.05, 0) is 30.5 Å². The summed E-state index contributed by atoms with van der Waals surface area (Å²) >= 11 is 0. The molecule has 6 nitrogen and oxygen atoms in total. The Hall–Kier alpha value is -2.37. The molecule has 0 unspecified atom stereocenters. The molecule has 0 spiro atoms. The summed E-state index contributed by atoms with van der Waals surface area (Å²) in [6, 6.07) is 7.62. The van der Waals surface area contributed by atoms with Crippen LogP contribution in [0.3, 0.4) is 0 Å². The molecule has 2 heterocycles. The fourth-order valence-corrected chi connectivity index (χ4v) is 3.13. The van der Waals surface area contributed by atoms with Crippen molar-refractivity contribution in [1.82, 2.24) is 5.32 Å². The zero-order chi connectivity index (χ0) is 15.7. The Morgan fingerprint density at radius 2 is 1.91 bits per heavy atom. The van der Waals surface area contributed by atoms with Crippen LogP contribution in [-0.4, -0.2) is 36.0 Å². The molecule has 2 atom stereocenters. The smallest absolute Gasteiger partial charge is 0.308 e. The average molecular weight is 302 g/mol. The van der Waals surface area contributed by atoms with Gasteiger partial charge in [-0.3, -0.25) is 19.7 Å². The number of carbonyl (C=O) groups is 3. The van der Waals surface area contributed by atoms with Gasteiger partial charge in [0.15, 0.2) is 0 Å². The number of benzene rings is 1. The Balaban J connectivity index is 1.69. The van der Waals surface area contributed by atoms with Crippen molar-refractivity contribution in [3.05, 3.63) is 29.8 Å². The number of carbonyl (C=O) groups excluding carboxylic acids is 2. The Morgan fingerprint density at radius 3 is 2.50 bits per heavy atom. The van der Waals surface area contributed by atoms with Gasteiger partial charge in [0.1, 0.15) is 0 Å². The summed E-state index contributed by atoms with van der Waals surface area (Å²) in [5.41, 5.74) is 1.86. The predicted molar refractivity (Wildman–Crippen MR) is 79.5 cm³/mol. The molecule has 2 aliphatic rings. The Kier molecular flexibility index (Phi) is 3.83. The highest BCUT2D eigenvalue weighted by Gasteiger charge is 2.30. The number of hydrogen-bond acceptors (Lipinski definition) is 4. The van der Waals surface area contributed by atoms with E-state index in [1.54, 1.807) is 0 Å². The van der Waals surface area contributed by atoms with Crippen molar-refractivity contribution < 1.29 is 19.5 Å². The van der Waals surface area contributed by atoms with Gasteiger partial charge in [0, 0.05) is 25.2 Å². The molecule has 2 aliphatic heterocycles. The number of aliphatic carboxylic acids is 1. The standard InChI is InChI=1S/C16H18N2O4/c19-14-6-5-13(15(20)17-14)10-1-3-12(4-2-10)18-8-7-11(9-18)16(21)22/h1-4,11,13H,5-9H2,(H,21,22)(H,17,19,20)/t11-,13-/m1/s1. The van der Waals surface area contributed by atoms with Gasteiger partial charge in [0.2, 0.25) is 11.8 Å². The van der Waals surface area contributed by atoms with Crippen LogP contribution in [-0.2, 0) is 14.4 Å². The van der Waals surface area contributed by atoms with Crippen LogP contribution < -0.4 is 10.2 Å². The van der Waals surface area contributed by atoms with Gasteiger partial charge in [-0.2, -0.15) is 0 Å². The Morgan fingerprint density at radius 1 is 1.18 bits per heavy atom. The van der Waals surface area contributed by atoms with Crippen molar-refractivity contribution in [2.75, 3.05) is 18.0 Å². The van der Waals surface area contributed by atoms with Crippen LogP contribution in [0.25, 0.3) is 0 Å². The van der Waals surface area contributed by atoms with E-state index < -0.39 is 5.97 Å². The lowest BCUT2D eigenvalue weighted by molar-refractivity contribution is -0.141. The Labute approximate surface area is 128 Å². The minimum atomic E-state index is -0.748. The number of anilines is 1. The lowest BCUT2D eigenvalue weighted by Crippen LogP contribution is -2.39. The molecule has 2 amide bonds. The summed E-state index contributed by atoms with van der Waals surface area (Å²) < 4.78 is 0. The molecule has 1 aromatic carbocycles. The first-order valence-electron chi connectivity index (χ1n) is 7.46. The molecular weight excluding hydrogens is 284 g/mol. The van der Waals surface area contributed by atoms with E-state index in [0.717, 1.165) is 17.8 Å². The molecule has 0 aliphatic carbocycles. The minimum Gasteiger partial charge on any atom is -0.481 e. The number of imide groups is 1. The monoisotopic (exact) mass is 302 g/mol. The largest absolute Gasteiger partial charge is 0.481 e. The highest BCUT2D eigenvalue weighted by molar-refractivity contribution is 6.00. The fraction of sp³-hybridized carbons (Fsp3) is 0.438. The van der Waals surface area contributed by atoms with E-state index in [4.69, 9.17) is 5.11 Å². The third kappa shape index (κ3) is 2.81. The van der Waals surface area contributed by atoms with Crippen molar-refractivity contribution in [3.8, 4) is 0 Å². The SMILES string of the molecule is O=C1CC[C@H](c2ccc(N3CC[C@@H](C(=O)O)C3)cc2)C(=O)N1. The first-order valence-corrected chi connectivity index (χ1v) is 7.46. The van der Waals surface area contributed by atoms with Crippen molar-refractivity contribution >= 4 is 23.5 Å². The molecule has 22 heavy (non-hydrogen) atoms. The summed E-state index contributed by atoms with van der Waals surface area (Å²) in [5.74, 6) is -1.79. The van der Waals surface area contributed by atoms with Crippen LogP contribution in [0.4, 0.5) is 5.69 Å². The summed E-state index contributed by atoms with van der Waals surface area (Å²) in [4.78, 5) is 36.1. The second-order valence-corrected chi connectivity index (χ2v) is 5.87. The summed E-state index contributed by atoms with van der Waals surface area (Å²) in [6.07, 6.45) is 1.56. The van der Waals surface area contributed by atoms with Crippen molar-refractivity contribution in [1.29, 1.82) is 0 Å². The van der Waals surface area contributed by atoms with E-state index >= 15 is 0 Å². The first kappa shape index (κ1) is 14.6. The molecule has 6 heteroatoms. The lowest BCUT2D eigenvalue weighted by Gasteiger charge is -2.23. The van der Waals surface area contributed by atoms with Gasteiger partial charge in [-0.25, -0.2) is 0 Å². The number of amides is 2. The first-order chi connectivity index (χ1) is 10.5. The molecule has 0 aromatic heterocycles. The number of piperidine rings is 1. The van der Waals surface area contributed by atoms with Gasteiger partial charge in [0.05, 0.1) is 11.8 Å². The van der Waals surface area contributed by atoms with Crippen LogP contribution >= 0.6 is 0 Å². The number of rotatable bonds is 3. The molecule has 2 fully saturated rings. The minimum absolute atomic E-state index is 0.213. The maximum atomic E-state index is 11.9. The van der Waals surface area contributed by atoms with Crippen LogP contribution in [0, 0.1) is 5.92 Å². The molecule has 3 rings (SSSR count).